The highest BCUT2D eigenvalue weighted by molar-refractivity contribution is 6.07. The Balaban J connectivity index is 1.38. The molecule has 6 heteroatoms. The molecule has 0 amide bonds. The molecule has 1 N–H and O–H groups in total. The molecule has 0 aliphatic carbocycles. The monoisotopic (exact) mass is 424 g/mol. The van der Waals surface area contributed by atoms with E-state index in [0.717, 1.165) is 70.3 Å². The van der Waals surface area contributed by atoms with Gasteiger partial charge in [0.1, 0.15) is 5.82 Å². The molecule has 164 valence electrons. The molecule has 5 nitrogen and oxygen atoms in total. The Labute approximate surface area is 183 Å². The predicted molar refractivity (Wildman–Crippen MR) is 123 cm³/mol. The third-order valence-electron chi connectivity index (χ3n) is 6.24. The zero-order valence-corrected chi connectivity index (χ0v) is 18.1. The van der Waals surface area contributed by atoms with Gasteiger partial charge in [-0.25, -0.2) is 4.39 Å². The van der Waals surface area contributed by atoms with Crippen LogP contribution in [-0.4, -0.2) is 64.8 Å². The van der Waals surface area contributed by atoms with Crippen molar-refractivity contribution < 1.29 is 18.8 Å². The summed E-state index contributed by atoms with van der Waals surface area (Å²) in [5, 5.41) is 0. The van der Waals surface area contributed by atoms with Gasteiger partial charge in [0.15, 0.2) is 5.78 Å². The van der Waals surface area contributed by atoms with Crippen LogP contribution in [0, 0.1) is 5.82 Å². The number of likely N-dealkylation sites (N-methyl/N-ethyl adjacent to an activating group) is 1. The first-order chi connectivity index (χ1) is 15.1. The number of hydrogen-bond donors (Lipinski definition) is 1. The van der Waals surface area contributed by atoms with Crippen molar-refractivity contribution in [2.45, 2.75) is 6.92 Å². The van der Waals surface area contributed by atoms with Gasteiger partial charge in [-0.1, -0.05) is 18.2 Å². The zero-order chi connectivity index (χ0) is 21.6. The molecule has 2 aromatic carbocycles. The number of hydrogen-bond acceptors (Lipinski definition) is 4. The van der Waals surface area contributed by atoms with Gasteiger partial charge in [0.25, 0.3) is 0 Å². The second kappa shape index (κ2) is 10.1. The molecule has 2 aromatic rings. The number of ketones is 1. The minimum Gasteiger partial charge on any atom is -0.378 e. The Kier molecular flexibility index (Phi) is 6.99. The molecule has 0 radical (unpaired) electrons. The van der Waals surface area contributed by atoms with Crippen LogP contribution in [0.2, 0.25) is 0 Å². The number of nitrogens with one attached hydrogen (secondary N) is 1. The molecule has 2 aliphatic heterocycles. The number of anilines is 2. The standard InChI is InChI=1S/C25H30FN3O2/c1-2-27-11-13-29(14-12-27)24-9-6-21(19-23(24)26)25(30)10-5-20-3-7-22(8-4-20)28-15-17-31-18-16-28/h3-10,19H,2,11-18H2,1H3/p+1/b10-5+. The number of halogens is 1. The van der Waals surface area contributed by atoms with Crippen LogP contribution >= 0.6 is 0 Å². The lowest BCUT2D eigenvalue weighted by Gasteiger charge is -2.33. The van der Waals surface area contributed by atoms with Crippen LogP contribution in [0.1, 0.15) is 22.8 Å². The van der Waals surface area contributed by atoms with E-state index in [2.05, 4.69) is 28.9 Å². The lowest BCUT2D eigenvalue weighted by molar-refractivity contribution is -0.898. The van der Waals surface area contributed by atoms with E-state index in [9.17, 15) is 9.18 Å². The first-order valence-corrected chi connectivity index (χ1v) is 11.2. The summed E-state index contributed by atoms with van der Waals surface area (Å²) in [6, 6.07) is 12.9. The third kappa shape index (κ3) is 5.32. The number of ether oxygens (including phenoxy) is 1. The molecular weight excluding hydrogens is 393 g/mol. The third-order valence-corrected chi connectivity index (χ3v) is 6.24. The number of carbonyl (C=O) groups excluding carboxylic acids is 1. The molecule has 0 bridgehead atoms. The first kappa shape index (κ1) is 21.5. The number of allylic oxidation sites excluding steroid dienone is 1. The highest BCUT2D eigenvalue weighted by Gasteiger charge is 2.21. The number of nitrogens with zero attached hydrogens (tertiary/aromatic N) is 2. The molecule has 2 fully saturated rings. The zero-order valence-electron chi connectivity index (χ0n) is 18.1. The molecule has 2 heterocycles. The molecule has 4 rings (SSSR count). The maximum atomic E-state index is 14.7. The van der Waals surface area contributed by atoms with Crippen LogP contribution in [0.5, 0.6) is 0 Å². The maximum Gasteiger partial charge on any atom is 0.185 e. The van der Waals surface area contributed by atoms with Crippen LogP contribution in [0.4, 0.5) is 15.8 Å². The van der Waals surface area contributed by atoms with Gasteiger partial charge in [0.05, 0.1) is 51.6 Å². The Bertz CT molecular complexity index is 915. The second-order valence-electron chi connectivity index (χ2n) is 8.15. The molecular formula is C25H31FN3O2+. The lowest BCUT2D eigenvalue weighted by Crippen LogP contribution is -3.14. The highest BCUT2D eigenvalue weighted by Crippen LogP contribution is 2.22. The molecule has 0 unspecified atom stereocenters. The quantitative estimate of drug-likeness (QED) is 0.570. The van der Waals surface area contributed by atoms with Crippen molar-refractivity contribution >= 4 is 23.2 Å². The molecule has 0 atom stereocenters. The van der Waals surface area contributed by atoms with Crippen LogP contribution in [0.3, 0.4) is 0 Å². The normalized spacial score (nSPS) is 18.0. The predicted octanol–water partition coefficient (Wildman–Crippen LogP) is 2.28. The van der Waals surface area contributed by atoms with Crippen molar-refractivity contribution in [2.24, 2.45) is 0 Å². The topological polar surface area (TPSA) is 37.2 Å². The van der Waals surface area contributed by atoms with E-state index >= 15 is 0 Å². The molecule has 2 saturated heterocycles. The Morgan fingerprint density at radius 3 is 2.39 bits per heavy atom. The lowest BCUT2D eigenvalue weighted by atomic mass is 10.1. The summed E-state index contributed by atoms with van der Waals surface area (Å²) in [7, 11) is 0. The number of carbonyl (C=O) groups is 1. The van der Waals surface area contributed by atoms with E-state index in [1.165, 1.54) is 12.1 Å². The Morgan fingerprint density at radius 1 is 1.03 bits per heavy atom. The van der Waals surface area contributed by atoms with Gasteiger partial charge in [-0.2, -0.15) is 0 Å². The van der Waals surface area contributed by atoms with Crippen molar-refractivity contribution in [3.63, 3.8) is 0 Å². The van der Waals surface area contributed by atoms with Gasteiger partial charge >= 0.3 is 0 Å². The summed E-state index contributed by atoms with van der Waals surface area (Å²) >= 11 is 0. The summed E-state index contributed by atoms with van der Waals surface area (Å²) < 4.78 is 20.1. The van der Waals surface area contributed by atoms with Gasteiger partial charge in [0.2, 0.25) is 0 Å². The molecule has 0 spiro atoms. The van der Waals surface area contributed by atoms with Crippen molar-refractivity contribution in [3.8, 4) is 0 Å². The van der Waals surface area contributed by atoms with Crippen molar-refractivity contribution in [2.75, 3.05) is 68.8 Å². The highest BCUT2D eigenvalue weighted by atomic mass is 19.1. The fourth-order valence-corrected chi connectivity index (χ4v) is 4.22. The van der Waals surface area contributed by atoms with Crippen molar-refractivity contribution in [3.05, 3.63) is 65.5 Å². The summed E-state index contributed by atoms with van der Waals surface area (Å²) in [6.45, 7) is 10.3. The smallest absolute Gasteiger partial charge is 0.185 e. The van der Waals surface area contributed by atoms with E-state index in [1.54, 1.807) is 23.1 Å². The van der Waals surface area contributed by atoms with Crippen LogP contribution in [0.15, 0.2) is 48.5 Å². The average molecular weight is 425 g/mol. The number of quaternary nitrogens is 1. The van der Waals surface area contributed by atoms with Gasteiger partial charge < -0.3 is 19.4 Å². The summed E-state index contributed by atoms with van der Waals surface area (Å²) in [6.07, 6.45) is 3.30. The van der Waals surface area contributed by atoms with E-state index in [4.69, 9.17) is 4.74 Å². The van der Waals surface area contributed by atoms with Crippen molar-refractivity contribution in [1.82, 2.24) is 0 Å². The Morgan fingerprint density at radius 2 is 1.74 bits per heavy atom. The molecule has 0 aromatic heterocycles. The largest absolute Gasteiger partial charge is 0.378 e. The van der Waals surface area contributed by atoms with Crippen LogP contribution in [-0.2, 0) is 4.74 Å². The maximum absolute atomic E-state index is 14.7. The van der Waals surface area contributed by atoms with Gasteiger partial charge in [-0.05, 0) is 48.9 Å². The number of morpholine rings is 1. The minimum absolute atomic E-state index is 0.192. The molecule has 31 heavy (non-hydrogen) atoms. The van der Waals surface area contributed by atoms with Gasteiger partial charge in [0, 0.05) is 24.3 Å². The van der Waals surface area contributed by atoms with E-state index < -0.39 is 0 Å². The van der Waals surface area contributed by atoms with Crippen molar-refractivity contribution in [1.29, 1.82) is 0 Å². The number of piperazine rings is 1. The first-order valence-electron chi connectivity index (χ1n) is 11.2. The minimum atomic E-state index is -0.325. The number of benzene rings is 2. The van der Waals surface area contributed by atoms with Gasteiger partial charge in [-0.15, -0.1) is 0 Å². The van der Waals surface area contributed by atoms with Gasteiger partial charge in [-0.3, -0.25) is 4.79 Å². The second-order valence-corrected chi connectivity index (χ2v) is 8.15. The molecule has 0 saturated carbocycles. The fraction of sp³-hybridized carbons (Fsp3) is 0.400. The molecule has 2 aliphatic rings. The average Bonchev–Trinajstić information content (AvgIpc) is 2.83. The SMILES string of the molecule is CC[NH+]1CCN(c2ccc(C(=O)/C=C/c3ccc(N4CCOCC4)cc3)cc2F)CC1. The Hall–Kier alpha value is -2.70. The van der Waals surface area contributed by atoms with Crippen LogP contribution in [0.25, 0.3) is 6.08 Å². The van der Waals surface area contributed by atoms with E-state index in [-0.39, 0.29) is 11.6 Å². The summed E-state index contributed by atoms with van der Waals surface area (Å²) in [4.78, 5) is 18.5. The van der Waals surface area contributed by atoms with E-state index in [1.807, 2.05) is 12.1 Å². The summed E-state index contributed by atoms with van der Waals surface area (Å²) in [5.41, 5.74) is 3.07. The fourth-order valence-electron chi connectivity index (χ4n) is 4.22. The van der Waals surface area contributed by atoms with E-state index in [0.29, 0.717) is 11.3 Å². The van der Waals surface area contributed by atoms with Crippen LogP contribution < -0.4 is 14.7 Å². The number of rotatable bonds is 6. The summed E-state index contributed by atoms with van der Waals surface area (Å²) in [5.74, 6) is -0.517.